The Morgan fingerprint density at radius 3 is 2.59 bits per heavy atom. The van der Waals surface area contributed by atoms with Gasteiger partial charge in [0.1, 0.15) is 0 Å². The number of hydrogen-bond donors (Lipinski definition) is 1. The van der Waals surface area contributed by atoms with Crippen LogP contribution in [0.2, 0.25) is 0 Å². The van der Waals surface area contributed by atoms with E-state index in [1.54, 1.807) is 24.3 Å². The second-order valence-corrected chi connectivity index (χ2v) is 7.51. The van der Waals surface area contributed by atoms with E-state index in [2.05, 4.69) is 43.5 Å². The summed E-state index contributed by atoms with van der Waals surface area (Å²) in [5.41, 5.74) is 0. The second kappa shape index (κ2) is 6.87. The van der Waals surface area contributed by atoms with Crippen LogP contribution in [-0.2, 0) is 10.0 Å². The van der Waals surface area contributed by atoms with Crippen LogP contribution in [-0.4, -0.2) is 19.8 Å². The van der Waals surface area contributed by atoms with E-state index in [0.717, 1.165) is 12.8 Å². The van der Waals surface area contributed by atoms with Gasteiger partial charge >= 0.3 is 0 Å². The quantitative estimate of drug-likeness (QED) is 0.765. The van der Waals surface area contributed by atoms with Gasteiger partial charge in [0, 0.05) is 15.8 Å². The summed E-state index contributed by atoms with van der Waals surface area (Å²) in [6, 6.07) is 6.79. The molecule has 0 heterocycles. The third kappa shape index (κ3) is 4.69. The van der Waals surface area contributed by atoms with Gasteiger partial charge in [0.25, 0.3) is 0 Å². The Kier molecular flexibility index (Phi) is 6.12. The summed E-state index contributed by atoms with van der Waals surface area (Å²) in [4.78, 5) is 0.632. The molecule has 0 saturated carbocycles. The molecule has 1 atom stereocenters. The Hall–Kier alpha value is 0.0900. The molecule has 0 aliphatic rings. The zero-order valence-corrected chi connectivity index (χ0v) is 13.5. The molecule has 0 saturated heterocycles. The molecule has 6 heteroatoms. The maximum Gasteiger partial charge on any atom is 0.241 e. The van der Waals surface area contributed by atoms with Crippen molar-refractivity contribution in [2.45, 2.75) is 29.5 Å². The third-order valence-corrected chi connectivity index (χ3v) is 5.90. The maximum atomic E-state index is 12.0. The molecule has 0 bridgehead atoms. The van der Waals surface area contributed by atoms with E-state index in [-0.39, 0.29) is 4.90 Å². The number of hydrogen-bond acceptors (Lipinski definition) is 2. The Labute approximate surface area is 119 Å². The molecule has 96 valence electrons. The SMILES string of the molecule is CCC(Br)CCNS(=O)(=O)c1ccccc1Br. The van der Waals surface area contributed by atoms with Crippen molar-refractivity contribution in [3.8, 4) is 0 Å². The summed E-state index contributed by atoms with van der Waals surface area (Å²) in [7, 11) is -3.41. The fraction of sp³-hybridized carbons (Fsp3) is 0.455. The molecule has 0 aliphatic carbocycles. The minimum atomic E-state index is -3.41. The lowest BCUT2D eigenvalue weighted by molar-refractivity contribution is 0.577. The van der Waals surface area contributed by atoms with Crippen LogP contribution < -0.4 is 4.72 Å². The van der Waals surface area contributed by atoms with Crippen LogP contribution in [0.5, 0.6) is 0 Å². The molecule has 1 aromatic rings. The van der Waals surface area contributed by atoms with Crippen LogP contribution in [0.3, 0.4) is 0 Å². The summed E-state index contributed by atoms with van der Waals surface area (Å²) >= 11 is 6.71. The van der Waals surface area contributed by atoms with Crippen molar-refractivity contribution in [3.63, 3.8) is 0 Å². The van der Waals surface area contributed by atoms with E-state index in [4.69, 9.17) is 0 Å². The highest BCUT2D eigenvalue weighted by atomic mass is 79.9. The number of alkyl halides is 1. The van der Waals surface area contributed by atoms with Crippen molar-refractivity contribution >= 4 is 41.9 Å². The van der Waals surface area contributed by atoms with E-state index in [1.165, 1.54) is 0 Å². The van der Waals surface area contributed by atoms with E-state index in [1.807, 2.05) is 0 Å². The van der Waals surface area contributed by atoms with Gasteiger partial charge in [0.15, 0.2) is 0 Å². The molecular formula is C11H15Br2NO2S. The molecule has 3 nitrogen and oxygen atoms in total. The predicted molar refractivity (Wildman–Crippen MR) is 77.0 cm³/mol. The number of sulfonamides is 1. The highest BCUT2D eigenvalue weighted by molar-refractivity contribution is 9.10. The van der Waals surface area contributed by atoms with Gasteiger partial charge < -0.3 is 0 Å². The molecule has 1 N–H and O–H groups in total. The normalized spacial score (nSPS) is 13.6. The first-order valence-corrected chi connectivity index (χ1v) is 8.55. The fourth-order valence-corrected chi connectivity index (χ4v) is 3.57. The molecule has 0 spiro atoms. The van der Waals surface area contributed by atoms with Gasteiger partial charge in [-0.15, -0.1) is 0 Å². The number of benzene rings is 1. The summed E-state index contributed by atoms with van der Waals surface area (Å²) in [5, 5.41) is 0. The lowest BCUT2D eigenvalue weighted by Crippen LogP contribution is -2.26. The van der Waals surface area contributed by atoms with Gasteiger partial charge in [-0.3, -0.25) is 0 Å². The molecule has 17 heavy (non-hydrogen) atoms. The van der Waals surface area contributed by atoms with Crippen molar-refractivity contribution in [1.29, 1.82) is 0 Å². The lowest BCUT2D eigenvalue weighted by atomic mass is 10.2. The highest BCUT2D eigenvalue weighted by Gasteiger charge is 2.16. The number of halogens is 2. The van der Waals surface area contributed by atoms with Crippen LogP contribution in [0, 0.1) is 0 Å². The van der Waals surface area contributed by atoms with Crippen LogP contribution >= 0.6 is 31.9 Å². The van der Waals surface area contributed by atoms with Gasteiger partial charge in [-0.1, -0.05) is 35.0 Å². The molecule has 1 rings (SSSR count). The van der Waals surface area contributed by atoms with Crippen LogP contribution in [0.15, 0.2) is 33.6 Å². The second-order valence-electron chi connectivity index (χ2n) is 3.62. The Bertz CT molecular complexity index is 462. The van der Waals surface area contributed by atoms with Crippen molar-refractivity contribution in [2.24, 2.45) is 0 Å². The summed E-state index contributed by atoms with van der Waals surface area (Å²) in [6.45, 7) is 2.50. The van der Waals surface area contributed by atoms with Crippen LogP contribution in [0.25, 0.3) is 0 Å². The predicted octanol–water partition coefficient (Wildman–Crippen LogP) is 3.29. The first-order chi connectivity index (χ1) is 7.97. The average molecular weight is 385 g/mol. The summed E-state index contributed by atoms with van der Waals surface area (Å²) in [5.74, 6) is 0. The molecule has 0 radical (unpaired) electrons. The smallest absolute Gasteiger partial charge is 0.211 e. The van der Waals surface area contributed by atoms with E-state index >= 15 is 0 Å². The van der Waals surface area contributed by atoms with Crippen LogP contribution in [0.1, 0.15) is 19.8 Å². The fourth-order valence-electron chi connectivity index (χ4n) is 1.29. The average Bonchev–Trinajstić information content (AvgIpc) is 2.28. The van der Waals surface area contributed by atoms with Crippen molar-refractivity contribution < 1.29 is 8.42 Å². The standard InChI is InChI=1S/C11H15Br2NO2S/c1-2-9(12)7-8-14-17(15,16)11-6-4-3-5-10(11)13/h3-6,9,14H,2,7-8H2,1H3. The summed E-state index contributed by atoms with van der Waals surface area (Å²) in [6.07, 6.45) is 1.76. The first-order valence-electron chi connectivity index (χ1n) is 5.35. The van der Waals surface area contributed by atoms with Crippen molar-refractivity contribution in [2.75, 3.05) is 6.54 Å². The first kappa shape index (κ1) is 15.1. The van der Waals surface area contributed by atoms with Crippen molar-refractivity contribution in [3.05, 3.63) is 28.7 Å². The molecule has 0 fully saturated rings. The maximum absolute atomic E-state index is 12.0. The largest absolute Gasteiger partial charge is 0.241 e. The molecule has 1 aromatic carbocycles. The Balaban J connectivity index is 2.67. The van der Waals surface area contributed by atoms with Gasteiger partial charge in [-0.05, 0) is 40.9 Å². The van der Waals surface area contributed by atoms with Gasteiger partial charge in [0.05, 0.1) is 4.90 Å². The zero-order chi connectivity index (χ0) is 12.9. The summed E-state index contributed by atoms with van der Waals surface area (Å²) < 4.78 is 27.1. The van der Waals surface area contributed by atoms with E-state index < -0.39 is 10.0 Å². The van der Waals surface area contributed by atoms with Crippen LogP contribution in [0.4, 0.5) is 0 Å². The highest BCUT2D eigenvalue weighted by Crippen LogP contribution is 2.20. The topological polar surface area (TPSA) is 46.2 Å². The van der Waals surface area contributed by atoms with Gasteiger partial charge in [-0.25, -0.2) is 13.1 Å². The molecule has 1 unspecified atom stereocenters. The molecule has 0 amide bonds. The molecular weight excluding hydrogens is 370 g/mol. The Morgan fingerprint density at radius 2 is 2.00 bits per heavy atom. The molecule has 0 aliphatic heterocycles. The lowest BCUT2D eigenvalue weighted by Gasteiger charge is -2.10. The van der Waals surface area contributed by atoms with Gasteiger partial charge in [-0.2, -0.15) is 0 Å². The minimum absolute atomic E-state index is 0.280. The van der Waals surface area contributed by atoms with Crippen molar-refractivity contribution in [1.82, 2.24) is 4.72 Å². The molecule has 0 aromatic heterocycles. The number of rotatable bonds is 6. The Morgan fingerprint density at radius 1 is 1.35 bits per heavy atom. The van der Waals surface area contributed by atoms with E-state index in [9.17, 15) is 8.42 Å². The van der Waals surface area contributed by atoms with Gasteiger partial charge in [0.2, 0.25) is 10.0 Å². The van der Waals surface area contributed by atoms with E-state index in [0.29, 0.717) is 15.8 Å². The monoisotopic (exact) mass is 383 g/mol. The number of nitrogens with one attached hydrogen (secondary N) is 1. The third-order valence-electron chi connectivity index (χ3n) is 2.32. The minimum Gasteiger partial charge on any atom is -0.211 e. The zero-order valence-electron chi connectivity index (χ0n) is 9.49.